The molecule has 0 aliphatic rings. The van der Waals surface area contributed by atoms with Crippen LogP contribution in [0.4, 0.5) is 4.39 Å². The van der Waals surface area contributed by atoms with Crippen molar-refractivity contribution in [1.82, 2.24) is 9.55 Å². The van der Waals surface area contributed by atoms with Crippen molar-refractivity contribution in [3.05, 3.63) is 71.0 Å². The first-order valence-corrected chi connectivity index (χ1v) is 8.55. The number of aryl methyl sites for hydroxylation is 1. The highest BCUT2D eigenvalue weighted by Crippen LogP contribution is 2.11. The van der Waals surface area contributed by atoms with E-state index in [1.54, 1.807) is 18.2 Å². The molecule has 1 aromatic heterocycles. The van der Waals surface area contributed by atoms with Crippen LogP contribution in [0.2, 0.25) is 0 Å². The zero-order valence-corrected chi connectivity index (χ0v) is 12.8. The molecule has 0 aliphatic heterocycles. The fourth-order valence-corrected chi connectivity index (χ4v) is 3.50. The predicted molar refractivity (Wildman–Crippen MR) is 84.5 cm³/mol. The summed E-state index contributed by atoms with van der Waals surface area (Å²) >= 11 is 0. The molecule has 2 aromatic carbocycles. The minimum Gasteiger partial charge on any atom is -0.298 e. The molecule has 0 bridgehead atoms. The maximum atomic E-state index is 13.1. The third-order valence-electron chi connectivity index (χ3n) is 3.49. The van der Waals surface area contributed by atoms with Crippen LogP contribution >= 0.6 is 0 Å². The first kappa shape index (κ1) is 15.4. The van der Waals surface area contributed by atoms with Crippen LogP contribution in [0.3, 0.4) is 0 Å². The number of hydrogen-bond acceptors (Lipinski definition) is 4. The van der Waals surface area contributed by atoms with Gasteiger partial charge in [-0.05, 0) is 24.3 Å². The number of halogens is 1. The molecule has 5 nitrogen and oxygen atoms in total. The zero-order valence-electron chi connectivity index (χ0n) is 12.0. The molecule has 0 spiro atoms. The lowest BCUT2D eigenvalue weighted by Gasteiger charge is -2.08. The highest BCUT2D eigenvalue weighted by molar-refractivity contribution is 7.91. The van der Waals surface area contributed by atoms with Crippen LogP contribution < -0.4 is 5.56 Å². The van der Waals surface area contributed by atoms with E-state index in [0.717, 1.165) is 0 Å². The first-order valence-electron chi connectivity index (χ1n) is 6.90. The van der Waals surface area contributed by atoms with Gasteiger partial charge in [-0.3, -0.25) is 9.36 Å². The molecule has 0 saturated heterocycles. The van der Waals surface area contributed by atoms with Crippen molar-refractivity contribution in [2.24, 2.45) is 0 Å². The Morgan fingerprint density at radius 2 is 1.83 bits per heavy atom. The quantitative estimate of drug-likeness (QED) is 0.733. The van der Waals surface area contributed by atoms with Crippen LogP contribution in [-0.2, 0) is 16.4 Å². The Hall–Kier alpha value is -2.54. The minimum atomic E-state index is -3.48. The Morgan fingerprint density at radius 1 is 1.09 bits per heavy atom. The molecule has 0 N–H and O–H groups in total. The van der Waals surface area contributed by atoms with E-state index in [0.29, 0.717) is 0 Å². The standard InChI is InChI=1S/C16H13FN2O3S/c17-12-6-7-14-15(10-12)18-11-19(16(14)20)8-9-23(21,22)13-4-2-1-3-5-13/h1-7,10-11H,8-9H2. The molecular formula is C16H13FN2O3S. The van der Waals surface area contributed by atoms with Crippen molar-refractivity contribution >= 4 is 20.7 Å². The molecule has 0 saturated carbocycles. The molecule has 3 rings (SSSR count). The van der Waals surface area contributed by atoms with Gasteiger partial charge in [0.25, 0.3) is 5.56 Å². The van der Waals surface area contributed by atoms with Crippen LogP contribution in [-0.4, -0.2) is 23.7 Å². The SMILES string of the molecule is O=c1c2ccc(F)cc2ncn1CCS(=O)(=O)c1ccccc1. The fraction of sp³-hybridized carbons (Fsp3) is 0.125. The van der Waals surface area contributed by atoms with Crippen molar-refractivity contribution < 1.29 is 12.8 Å². The number of hydrogen-bond donors (Lipinski definition) is 0. The number of aromatic nitrogens is 2. The Bertz CT molecular complexity index is 1010. The maximum absolute atomic E-state index is 13.1. The normalized spacial score (nSPS) is 11.7. The summed E-state index contributed by atoms with van der Waals surface area (Å²) in [7, 11) is -3.48. The van der Waals surface area contributed by atoms with E-state index in [9.17, 15) is 17.6 Å². The lowest BCUT2D eigenvalue weighted by Crippen LogP contribution is -2.24. The second kappa shape index (κ2) is 5.92. The number of nitrogens with zero attached hydrogens (tertiary/aromatic N) is 2. The van der Waals surface area contributed by atoms with Gasteiger partial charge in [-0.1, -0.05) is 18.2 Å². The Kier molecular flexibility index (Phi) is 3.96. The van der Waals surface area contributed by atoms with Crippen molar-refractivity contribution in [2.45, 2.75) is 11.4 Å². The summed E-state index contributed by atoms with van der Waals surface area (Å²) in [5, 5.41) is 0.256. The van der Waals surface area contributed by atoms with E-state index in [1.807, 2.05) is 0 Å². The molecule has 0 radical (unpaired) electrons. The summed E-state index contributed by atoms with van der Waals surface area (Å²) in [4.78, 5) is 16.5. The van der Waals surface area contributed by atoms with Gasteiger partial charge in [0, 0.05) is 12.6 Å². The summed E-state index contributed by atoms with van der Waals surface area (Å²) in [5.74, 6) is -0.695. The van der Waals surface area contributed by atoms with Gasteiger partial charge in [0.2, 0.25) is 0 Å². The van der Waals surface area contributed by atoms with Gasteiger partial charge in [0.05, 0.1) is 27.9 Å². The van der Waals surface area contributed by atoms with E-state index < -0.39 is 21.2 Å². The van der Waals surface area contributed by atoms with Gasteiger partial charge in [-0.15, -0.1) is 0 Å². The van der Waals surface area contributed by atoms with Gasteiger partial charge in [0.15, 0.2) is 9.84 Å². The highest BCUT2D eigenvalue weighted by atomic mass is 32.2. The summed E-state index contributed by atoms with van der Waals surface area (Å²) in [6, 6.07) is 11.7. The minimum absolute atomic E-state index is 0.0175. The van der Waals surface area contributed by atoms with Crippen LogP contribution in [0.1, 0.15) is 0 Å². The average molecular weight is 332 g/mol. The second-order valence-corrected chi connectivity index (χ2v) is 7.15. The number of fused-ring (bicyclic) bond motifs is 1. The molecule has 0 unspecified atom stereocenters. The topological polar surface area (TPSA) is 69.0 Å². The molecule has 3 aromatic rings. The van der Waals surface area contributed by atoms with E-state index >= 15 is 0 Å². The lowest BCUT2D eigenvalue weighted by atomic mass is 10.2. The van der Waals surface area contributed by atoms with Gasteiger partial charge in [-0.2, -0.15) is 0 Å². The highest BCUT2D eigenvalue weighted by Gasteiger charge is 2.15. The van der Waals surface area contributed by atoms with Crippen molar-refractivity contribution in [3.63, 3.8) is 0 Å². The van der Waals surface area contributed by atoms with Gasteiger partial charge in [-0.25, -0.2) is 17.8 Å². The monoisotopic (exact) mass is 332 g/mol. The zero-order chi connectivity index (χ0) is 16.4. The second-order valence-electron chi connectivity index (χ2n) is 5.04. The summed E-state index contributed by atoms with van der Waals surface area (Å²) < 4.78 is 38.8. The third kappa shape index (κ3) is 3.14. The van der Waals surface area contributed by atoms with Crippen LogP contribution in [0.15, 0.2) is 64.5 Å². The first-order chi connectivity index (χ1) is 11.0. The average Bonchev–Trinajstić information content (AvgIpc) is 2.55. The third-order valence-corrected chi connectivity index (χ3v) is 5.20. The Balaban J connectivity index is 1.89. The molecule has 0 amide bonds. The van der Waals surface area contributed by atoms with Crippen molar-refractivity contribution in [1.29, 1.82) is 0 Å². The number of rotatable bonds is 4. The van der Waals surface area contributed by atoms with Gasteiger partial charge >= 0.3 is 0 Å². The van der Waals surface area contributed by atoms with Crippen molar-refractivity contribution in [3.8, 4) is 0 Å². The number of sulfone groups is 1. The van der Waals surface area contributed by atoms with Gasteiger partial charge < -0.3 is 0 Å². The molecule has 1 heterocycles. The summed E-state index contributed by atoms with van der Waals surface area (Å²) in [5.41, 5.74) is -0.143. The van der Waals surface area contributed by atoms with E-state index in [1.165, 1.54) is 41.2 Å². The van der Waals surface area contributed by atoms with E-state index in [4.69, 9.17) is 0 Å². The Morgan fingerprint density at radius 3 is 2.57 bits per heavy atom. The molecule has 0 atom stereocenters. The molecule has 23 heavy (non-hydrogen) atoms. The molecule has 0 aliphatic carbocycles. The molecule has 118 valence electrons. The smallest absolute Gasteiger partial charge is 0.261 e. The Labute approximate surface area is 132 Å². The van der Waals surface area contributed by atoms with Crippen LogP contribution in [0.5, 0.6) is 0 Å². The molecule has 0 fully saturated rings. The van der Waals surface area contributed by atoms with E-state index in [-0.39, 0.29) is 28.1 Å². The maximum Gasteiger partial charge on any atom is 0.261 e. The fourth-order valence-electron chi connectivity index (χ4n) is 2.25. The van der Waals surface area contributed by atoms with Gasteiger partial charge in [0.1, 0.15) is 5.82 Å². The van der Waals surface area contributed by atoms with Crippen molar-refractivity contribution in [2.75, 3.05) is 5.75 Å². The summed E-state index contributed by atoms with van der Waals surface area (Å²) in [6.45, 7) is -0.0175. The lowest BCUT2D eigenvalue weighted by molar-refractivity contribution is 0.586. The largest absolute Gasteiger partial charge is 0.298 e. The molecule has 7 heteroatoms. The number of benzene rings is 2. The van der Waals surface area contributed by atoms with Crippen LogP contribution in [0, 0.1) is 5.82 Å². The van der Waals surface area contributed by atoms with Crippen LogP contribution in [0.25, 0.3) is 10.9 Å². The summed E-state index contributed by atoms with van der Waals surface area (Å²) in [6.07, 6.45) is 1.24. The van der Waals surface area contributed by atoms with E-state index in [2.05, 4.69) is 4.98 Å². The molecular weight excluding hydrogens is 319 g/mol. The predicted octanol–water partition coefficient (Wildman–Crippen LogP) is 2.01.